The van der Waals surface area contributed by atoms with Gasteiger partial charge in [0, 0.05) is 12.1 Å². The second-order valence-electron chi connectivity index (χ2n) is 4.53. The number of rotatable bonds is 0. The number of hydrogen-bond acceptors (Lipinski definition) is 2. The van der Waals surface area contributed by atoms with Crippen molar-refractivity contribution in [3.8, 4) is 0 Å². The second-order valence-corrected chi connectivity index (χ2v) is 5.34. The Hall–Kier alpha value is -0.777. The quantitative estimate of drug-likeness (QED) is 0.170. The molecule has 0 radical (unpaired) electrons. The summed E-state index contributed by atoms with van der Waals surface area (Å²) in [6.45, 7) is 0. The molecule has 2 aromatic carbocycles. The second kappa shape index (κ2) is 16.8. The van der Waals surface area contributed by atoms with E-state index < -0.39 is 23.5 Å². The van der Waals surface area contributed by atoms with E-state index in [4.69, 9.17) is 34.0 Å². The van der Waals surface area contributed by atoms with Gasteiger partial charge in [0.1, 0.15) is 10.0 Å². The average molecular weight is 622 g/mol. The minimum atomic E-state index is -4.45. The SMILES string of the molecule is N#[N+]c1cc(C(F)(F)F)ccc1Cl.N#[N+]c1cc(C(F)(F)F)ccc1Cl.[Cl-].[Cl-].[Cl-].[Cl-].[Zn+2]. The van der Waals surface area contributed by atoms with Crippen molar-refractivity contribution in [1.82, 2.24) is 0 Å². The number of hydrogen-bond donors (Lipinski definition) is 0. The Labute approximate surface area is 219 Å². The molecule has 0 aliphatic carbocycles. The standard InChI is InChI=1S/2C7H3ClF3N2.4ClH.Zn/c2*8-5-2-1-4(7(9,10)11)3-6(5)13-12;;;;;/h2*1-3H;4*1H;/q2*+1;;;;;+2/p-4. The molecule has 31 heavy (non-hydrogen) atoms. The number of nitrogens with zero attached hydrogens (tertiary/aromatic N) is 4. The number of diazo groups is 2. The molecule has 0 fully saturated rings. The molecule has 0 aliphatic heterocycles. The van der Waals surface area contributed by atoms with Crippen molar-refractivity contribution in [2.45, 2.75) is 12.4 Å². The van der Waals surface area contributed by atoms with E-state index in [0.717, 1.165) is 24.3 Å². The molecule has 2 rings (SSSR count). The predicted molar refractivity (Wildman–Crippen MR) is 82.4 cm³/mol. The van der Waals surface area contributed by atoms with Crippen LogP contribution in [0.15, 0.2) is 36.4 Å². The van der Waals surface area contributed by atoms with Crippen LogP contribution in [0.3, 0.4) is 0 Å². The van der Waals surface area contributed by atoms with Crippen molar-refractivity contribution in [2.24, 2.45) is 0 Å². The van der Waals surface area contributed by atoms with Crippen molar-refractivity contribution in [2.75, 3.05) is 0 Å². The normalized spacial score (nSPS) is 9.23. The molecular formula is C14H6Cl6F6N4Zn. The Balaban J connectivity index is -0.000000125. The van der Waals surface area contributed by atoms with Gasteiger partial charge in [-0.05, 0) is 24.3 Å². The minimum Gasteiger partial charge on any atom is -1.00 e. The third kappa shape index (κ3) is 12.7. The number of benzene rings is 2. The third-order valence-corrected chi connectivity index (χ3v) is 3.40. The van der Waals surface area contributed by atoms with E-state index in [2.05, 4.69) is 9.95 Å². The third-order valence-electron chi connectivity index (χ3n) is 2.76. The summed E-state index contributed by atoms with van der Waals surface area (Å²) in [6.07, 6.45) is -8.91. The summed E-state index contributed by atoms with van der Waals surface area (Å²) in [5.74, 6) is 0. The van der Waals surface area contributed by atoms with E-state index >= 15 is 0 Å². The largest absolute Gasteiger partial charge is 2.00 e. The Morgan fingerprint density at radius 1 is 0.613 bits per heavy atom. The Bertz CT molecular complexity index is 825. The van der Waals surface area contributed by atoms with Gasteiger partial charge in [-0.25, -0.2) is 0 Å². The molecule has 0 saturated heterocycles. The molecule has 0 aromatic heterocycles. The van der Waals surface area contributed by atoms with Gasteiger partial charge in [0.2, 0.25) is 10.8 Å². The van der Waals surface area contributed by atoms with Gasteiger partial charge in [0.15, 0.2) is 9.95 Å². The van der Waals surface area contributed by atoms with E-state index in [1.165, 1.54) is 0 Å². The zero-order chi connectivity index (χ0) is 20.1. The molecule has 0 amide bonds. The maximum atomic E-state index is 12.1. The fraction of sp³-hybridized carbons (Fsp3) is 0.143. The van der Waals surface area contributed by atoms with Crippen LogP contribution >= 0.6 is 23.2 Å². The molecule has 0 unspecified atom stereocenters. The van der Waals surface area contributed by atoms with E-state index in [9.17, 15) is 26.3 Å². The van der Waals surface area contributed by atoms with Crippen LogP contribution in [0.25, 0.3) is 9.95 Å². The maximum Gasteiger partial charge on any atom is 2.00 e. The van der Waals surface area contributed by atoms with Crippen LogP contribution in [-0.4, -0.2) is 0 Å². The fourth-order valence-electron chi connectivity index (χ4n) is 1.53. The van der Waals surface area contributed by atoms with Crippen LogP contribution in [0.2, 0.25) is 10.0 Å². The molecule has 0 atom stereocenters. The number of alkyl halides is 6. The Kier molecular flexibility index (Phi) is 22.0. The molecule has 2 aromatic rings. The zero-order valence-corrected chi connectivity index (χ0v) is 22.0. The fourth-order valence-corrected chi connectivity index (χ4v) is 1.84. The van der Waals surface area contributed by atoms with Crippen molar-refractivity contribution < 1.29 is 95.4 Å². The molecule has 0 spiro atoms. The maximum absolute atomic E-state index is 12.1. The van der Waals surface area contributed by atoms with Crippen LogP contribution in [0.5, 0.6) is 0 Å². The molecule has 0 saturated carbocycles. The summed E-state index contributed by atoms with van der Waals surface area (Å²) in [7, 11) is 0. The van der Waals surface area contributed by atoms with Gasteiger partial charge >= 0.3 is 43.2 Å². The Morgan fingerprint density at radius 3 is 1.06 bits per heavy atom. The molecule has 0 N–H and O–H groups in total. The number of halogens is 12. The van der Waals surface area contributed by atoms with E-state index in [-0.39, 0.29) is 90.5 Å². The minimum absolute atomic E-state index is 0. The van der Waals surface area contributed by atoms with Crippen LogP contribution in [0.1, 0.15) is 11.1 Å². The summed E-state index contributed by atoms with van der Waals surface area (Å²) in [5, 5.41) is 16.5. The smallest absolute Gasteiger partial charge is 1.00 e. The monoisotopic (exact) mass is 618 g/mol. The van der Waals surface area contributed by atoms with Gasteiger partial charge in [-0.1, -0.05) is 23.2 Å². The van der Waals surface area contributed by atoms with Crippen molar-refractivity contribution in [3.05, 3.63) is 67.5 Å². The summed E-state index contributed by atoms with van der Waals surface area (Å²) in [5.41, 5.74) is -2.39. The van der Waals surface area contributed by atoms with Gasteiger partial charge in [-0.15, -0.1) is 0 Å². The van der Waals surface area contributed by atoms with Crippen LogP contribution < -0.4 is 49.6 Å². The van der Waals surface area contributed by atoms with Gasteiger partial charge < -0.3 is 49.6 Å². The average Bonchev–Trinajstić information content (AvgIpc) is 2.54. The summed E-state index contributed by atoms with van der Waals surface area (Å²) < 4.78 is 72.4. The summed E-state index contributed by atoms with van der Waals surface area (Å²) in [4.78, 5) is 5.22. The van der Waals surface area contributed by atoms with Crippen molar-refractivity contribution in [1.29, 1.82) is 10.8 Å². The van der Waals surface area contributed by atoms with Crippen LogP contribution in [0, 0.1) is 10.8 Å². The summed E-state index contributed by atoms with van der Waals surface area (Å²) >= 11 is 10.9. The molecule has 168 valence electrons. The molecule has 4 nitrogen and oxygen atoms in total. The molecular weight excluding hydrogens is 616 g/mol. The molecule has 0 bridgehead atoms. The first kappa shape index (κ1) is 40.6. The van der Waals surface area contributed by atoms with Gasteiger partial charge in [0.05, 0.1) is 11.1 Å². The predicted octanol–water partition coefficient (Wildman–Crippen LogP) is -4.30. The molecule has 0 aliphatic rings. The summed E-state index contributed by atoms with van der Waals surface area (Å²) in [6, 6.07) is 5.03. The first-order chi connectivity index (χ1) is 11.9. The van der Waals surface area contributed by atoms with Crippen molar-refractivity contribution >= 4 is 34.6 Å². The van der Waals surface area contributed by atoms with Crippen LogP contribution in [-0.2, 0) is 31.8 Å². The molecule has 17 heteroatoms. The topological polar surface area (TPSA) is 56.3 Å². The first-order valence-electron chi connectivity index (χ1n) is 6.34. The van der Waals surface area contributed by atoms with Crippen LogP contribution in [0.4, 0.5) is 37.7 Å². The van der Waals surface area contributed by atoms with Gasteiger partial charge in [-0.3, -0.25) is 0 Å². The van der Waals surface area contributed by atoms with E-state index in [1.54, 1.807) is 0 Å². The van der Waals surface area contributed by atoms with E-state index in [1.807, 2.05) is 0 Å². The van der Waals surface area contributed by atoms with Crippen molar-refractivity contribution in [3.63, 3.8) is 0 Å². The van der Waals surface area contributed by atoms with Gasteiger partial charge in [0.25, 0.3) is 0 Å². The van der Waals surface area contributed by atoms with Gasteiger partial charge in [-0.2, -0.15) is 26.3 Å². The Morgan fingerprint density at radius 2 is 0.871 bits per heavy atom. The first-order valence-corrected chi connectivity index (χ1v) is 7.09. The molecule has 0 heterocycles. The van der Waals surface area contributed by atoms with E-state index in [0.29, 0.717) is 12.1 Å². The zero-order valence-electron chi connectivity index (χ0n) is 14.5.